The van der Waals surface area contributed by atoms with Gasteiger partial charge in [-0.3, -0.25) is 4.79 Å². The minimum Gasteiger partial charge on any atom is -0.512 e. The Hall–Kier alpha value is -3.30. The number of hydrogen-bond acceptors (Lipinski definition) is 8. The average Bonchev–Trinajstić information content (AvgIpc) is 3.55. The average molecular weight is 539 g/mol. The maximum absolute atomic E-state index is 13.3. The molecule has 38 heavy (non-hydrogen) atoms. The zero-order valence-corrected chi connectivity index (χ0v) is 22.3. The Kier molecular flexibility index (Phi) is 7.24. The van der Waals surface area contributed by atoms with Crippen molar-refractivity contribution in [3.05, 3.63) is 69.0 Å². The number of nitrogens with zero attached hydrogens (tertiary/aromatic N) is 4. The van der Waals surface area contributed by atoms with E-state index in [0.29, 0.717) is 24.4 Å². The molecule has 2 aliphatic rings. The summed E-state index contributed by atoms with van der Waals surface area (Å²) in [5, 5.41) is 25.1. The van der Waals surface area contributed by atoms with Crippen molar-refractivity contribution >= 4 is 29.1 Å². The van der Waals surface area contributed by atoms with Gasteiger partial charge in [0.05, 0.1) is 10.6 Å². The SMILES string of the molecule is Cc1cc(C)n2nc(CC3=C(O)CC(CCc4ccc(C(=O)CO)c(Cl)c4)(C4CCCC4)OC3=O)nc2n1. The molecule has 1 unspecified atom stereocenters. The Morgan fingerprint density at radius 3 is 2.66 bits per heavy atom. The lowest BCUT2D eigenvalue weighted by atomic mass is 9.76. The number of carbonyl (C=O) groups is 2. The van der Waals surface area contributed by atoms with Gasteiger partial charge < -0.3 is 14.9 Å². The van der Waals surface area contributed by atoms with Crippen molar-refractivity contribution in [2.45, 2.75) is 70.8 Å². The van der Waals surface area contributed by atoms with Crippen molar-refractivity contribution in [1.29, 1.82) is 0 Å². The largest absolute Gasteiger partial charge is 0.512 e. The monoisotopic (exact) mass is 538 g/mol. The highest BCUT2D eigenvalue weighted by Gasteiger charge is 2.48. The molecule has 1 fully saturated rings. The summed E-state index contributed by atoms with van der Waals surface area (Å²) in [6.45, 7) is 3.19. The normalized spacial score (nSPS) is 20.4. The van der Waals surface area contributed by atoms with Crippen LogP contribution in [0.2, 0.25) is 5.02 Å². The summed E-state index contributed by atoms with van der Waals surface area (Å²) in [5.74, 6) is 0.0349. The molecule has 0 saturated heterocycles. The third-order valence-corrected chi connectivity index (χ3v) is 8.08. The van der Waals surface area contributed by atoms with E-state index in [2.05, 4.69) is 15.1 Å². The smallest absolute Gasteiger partial charge is 0.338 e. The van der Waals surface area contributed by atoms with Crippen LogP contribution in [0, 0.1) is 19.8 Å². The van der Waals surface area contributed by atoms with Gasteiger partial charge in [-0.15, -0.1) is 5.10 Å². The molecule has 9 nitrogen and oxygen atoms in total. The number of aromatic nitrogens is 4. The van der Waals surface area contributed by atoms with Crippen LogP contribution < -0.4 is 0 Å². The summed E-state index contributed by atoms with van der Waals surface area (Å²) < 4.78 is 7.83. The van der Waals surface area contributed by atoms with Gasteiger partial charge in [-0.2, -0.15) is 4.98 Å². The third kappa shape index (κ3) is 5.05. The molecule has 0 radical (unpaired) electrons. The van der Waals surface area contributed by atoms with E-state index in [1.807, 2.05) is 19.9 Å². The molecule has 1 aliphatic heterocycles. The van der Waals surface area contributed by atoms with Crippen molar-refractivity contribution in [2.75, 3.05) is 6.61 Å². The first kappa shape index (κ1) is 26.3. The minimum atomic E-state index is -0.825. The van der Waals surface area contributed by atoms with Gasteiger partial charge in [0.15, 0.2) is 11.6 Å². The van der Waals surface area contributed by atoms with Gasteiger partial charge in [-0.1, -0.05) is 30.5 Å². The number of aliphatic hydroxyl groups excluding tert-OH is 2. The summed E-state index contributed by atoms with van der Waals surface area (Å²) >= 11 is 6.29. The summed E-state index contributed by atoms with van der Waals surface area (Å²) in [4.78, 5) is 34.0. The van der Waals surface area contributed by atoms with Crippen molar-refractivity contribution in [2.24, 2.45) is 5.92 Å². The highest BCUT2D eigenvalue weighted by atomic mass is 35.5. The number of esters is 1. The Balaban J connectivity index is 1.39. The first-order valence-corrected chi connectivity index (χ1v) is 13.3. The highest BCUT2D eigenvalue weighted by Crippen LogP contribution is 2.46. The van der Waals surface area contributed by atoms with Crippen LogP contribution in [0.1, 0.15) is 71.7 Å². The number of halogens is 1. The van der Waals surface area contributed by atoms with Crippen LogP contribution in [-0.4, -0.2) is 53.8 Å². The predicted octanol–water partition coefficient (Wildman–Crippen LogP) is 4.43. The van der Waals surface area contributed by atoms with Crippen LogP contribution in [0.4, 0.5) is 0 Å². The van der Waals surface area contributed by atoms with Crippen molar-refractivity contribution in [3.63, 3.8) is 0 Å². The number of hydrogen-bond donors (Lipinski definition) is 2. The van der Waals surface area contributed by atoms with Crippen molar-refractivity contribution < 1.29 is 24.5 Å². The van der Waals surface area contributed by atoms with Gasteiger partial charge in [-0.25, -0.2) is 14.3 Å². The molecule has 3 aromatic rings. The number of fused-ring (bicyclic) bond motifs is 1. The van der Waals surface area contributed by atoms with Gasteiger partial charge in [0.1, 0.15) is 18.0 Å². The molecule has 1 saturated carbocycles. The van der Waals surface area contributed by atoms with Gasteiger partial charge in [0.2, 0.25) is 0 Å². The topological polar surface area (TPSA) is 127 Å². The van der Waals surface area contributed by atoms with Crippen molar-refractivity contribution in [1.82, 2.24) is 19.6 Å². The lowest BCUT2D eigenvalue weighted by Gasteiger charge is -2.41. The van der Waals surface area contributed by atoms with Gasteiger partial charge in [0.25, 0.3) is 5.78 Å². The quantitative estimate of drug-likeness (QED) is 0.318. The molecule has 0 amide bonds. The summed E-state index contributed by atoms with van der Waals surface area (Å²) in [5.41, 5.74) is 2.22. The predicted molar refractivity (Wildman–Crippen MR) is 140 cm³/mol. The second kappa shape index (κ2) is 10.5. The van der Waals surface area contributed by atoms with E-state index < -0.39 is 24.0 Å². The van der Waals surface area contributed by atoms with Crippen LogP contribution in [0.25, 0.3) is 5.78 Å². The van der Waals surface area contributed by atoms with Gasteiger partial charge in [0, 0.05) is 29.8 Å². The number of Topliss-reactive ketones (excluding diaryl/α,β-unsaturated/α-hetero) is 1. The summed E-state index contributed by atoms with van der Waals surface area (Å²) in [7, 11) is 0. The first-order valence-electron chi connectivity index (χ1n) is 13.0. The summed E-state index contributed by atoms with van der Waals surface area (Å²) in [6, 6.07) is 7.03. The van der Waals surface area contributed by atoms with E-state index in [9.17, 15) is 14.7 Å². The van der Waals surface area contributed by atoms with Crippen molar-refractivity contribution in [3.8, 4) is 0 Å². The molecule has 2 aromatic heterocycles. The zero-order valence-electron chi connectivity index (χ0n) is 21.5. The molecular formula is C28H31ClN4O5. The zero-order chi connectivity index (χ0) is 27.0. The molecule has 1 aliphatic carbocycles. The Morgan fingerprint density at radius 1 is 1.21 bits per heavy atom. The maximum Gasteiger partial charge on any atom is 0.338 e. The number of aliphatic hydroxyl groups is 2. The number of carbonyl (C=O) groups excluding carboxylic acids is 2. The van der Waals surface area contributed by atoms with Crippen LogP contribution in [0.15, 0.2) is 35.6 Å². The molecule has 1 aromatic carbocycles. The maximum atomic E-state index is 13.3. The second-order valence-corrected chi connectivity index (χ2v) is 10.8. The molecule has 0 bridgehead atoms. The number of ketones is 1. The molecule has 5 rings (SSSR count). The van der Waals surface area contributed by atoms with E-state index >= 15 is 0 Å². The molecule has 1 atom stereocenters. The number of benzene rings is 1. The number of cyclic esters (lactones) is 1. The van der Waals surface area contributed by atoms with Crippen LogP contribution in [-0.2, 0) is 22.4 Å². The Bertz CT molecular complexity index is 1440. The molecule has 0 spiro atoms. The van der Waals surface area contributed by atoms with E-state index in [1.54, 1.807) is 22.7 Å². The number of rotatable bonds is 8. The highest BCUT2D eigenvalue weighted by molar-refractivity contribution is 6.34. The minimum absolute atomic E-state index is 0.0230. The van der Waals surface area contributed by atoms with Crippen LogP contribution >= 0.6 is 11.6 Å². The molecule has 200 valence electrons. The number of aryl methyl sites for hydroxylation is 3. The van der Waals surface area contributed by atoms with Crippen LogP contribution in [0.3, 0.4) is 0 Å². The van der Waals surface area contributed by atoms with E-state index in [1.165, 1.54) is 0 Å². The number of ether oxygens (including phenoxy) is 1. The molecule has 3 heterocycles. The van der Waals surface area contributed by atoms with E-state index in [-0.39, 0.29) is 40.7 Å². The standard InChI is InChI=1S/C28H31ClN4O5/c1-16-11-17(2)33-27(30-16)31-25(32-33)13-21-23(35)14-28(38-26(21)37,19-5-3-4-6-19)10-9-18-7-8-20(22(29)12-18)24(36)15-34/h7-8,11-12,19,34-35H,3-6,9-10,13-15H2,1-2H3. The van der Waals surface area contributed by atoms with Crippen LogP contribution in [0.5, 0.6) is 0 Å². The summed E-state index contributed by atoms with van der Waals surface area (Å²) in [6.07, 6.45) is 5.33. The first-order chi connectivity index (χ1) is 18.2. The lowest BCUT2D eigenvalue weighted by molar-refractivity contribution is -0.167. The fourth-order valence-electron chi connectivity index (χ4n) is 5.81. The van der Waals surface area contributed by atoms with E-state index in [4.69, 9.17) is 21.4 Å². The Labute approximate surface area is 225 Å². The van der Waals surface area contributed by atoms with Gasteiger partial charge in [-0.05, 0) is 69.2 Å². The molecular weight excluding hydrogens is 508 g/mol. The fourth-order valence-corrected chi connectivity index (χ4v) is 6.12. The van der Waals surface area contributed by atoms with E-state index in [0.717, 1.165) is 42.6 Å². The lowest BCUT2D eigenvalue weighted by Crippen LogP contribution is -2.46. The Morgan fingerprint density at radius 2 is 1.97 bits per heavy atom. The molecule has 10 heteroatoms. The second-order valence-electron chi connectivity index (χ2n) is 10.4. The third-order valence-electron chi connectivity index (χ3n) is 7.77. The van der Waals surface area contributed by atoms with Gasteiger partial charge >= 0.3 is 5.97 Å². The fraction of sp³-hybridized carbons (Fsp3) is 0.464. The molecule has 2 N–H and O–H groups in total.